The smallest absolute Gasteiger partial charge is 0.236 e. The van der Waals surface area contributed by atoms with Crippen LogP contribution in [0.2, 0.25) is 5.02 Å². The molecule has 0 aliphatic heterocycles. The minimum absolute atomic E-state index is 0.108. The number of hydrogen-bond acceptors (Lipinski definition) is 2. The van der Waals surface area contributed by atoms with Gasteiger partial charge in [-0.3, -0.25) is 4.79 Å². The van der Waals surface area contributed by atoms with Gasteiger partial charge in [0.15, 0.2) is 0 Å². The second kappa shape index (κ2) is 6.51. The number of halogens is 1. The molecule has 0 aliphatic rings. The second-order valence-electron chi connectivity index (χ2n) is 3.72. The molecule has 0 unspecified atom stereocenters. The van der Waals surface area contributed by atoms with Gasteiger partial charge < -0.3 is 10.2 Å². The number of carbonyl (C=O) groups excluding carboxylic acids is 1. The normalized spacial score (nSPS) is 10.2. The van der Waals surface area contributed by atoms with E-state index in [1.807, 2.05) is 31.3 Å². The van der Waals surface area contributed by atoms with Gasteiger partial charge in [-0.05, 0) is 31.2 Å². The van der Waals surface area contributed by atoms with Gasteiger partial charge in [-0.1, -0.05) is 23.7 Å². The fourth-order valence-corrected chi connectivity index (χ4v) is 1.48. The number of amides is 1. The Balaban J connectivity index is 2.39. The van der Waals surface area contributed by atoms with E-state index in [0.717, 1.165) is 18.0 Å². The summed E-state index contributed by atoms with van der Waals surface area (Å²) < 4.78 is 0. The summed E-state index contributed by atoms with van der Waals surface area (Å²) in [5, 5.41) is 3.58. The van der Waals surface area contributed by atoms with Gasteiger partial charge in [0.1, 0.15) is 0 Å². The summed E-state index contributed by atoms with van der Waals surface area (Å²) in [6, 6.07) is 7.70. The van der Waals surface area contributed by atoms with Crippen LogP contribution in [0.15, 0.2) is 24.3 Å². The topological polar surface area (TPSA) is 32.3 Å². The predicted molar refractivity (Wildman–Crippen MR) is 66.7 cm³/mol. The minimum atomic E-state index is 0.108. The van der Waals surface area contributed by atoms with E-state index < -0.39 is 0 Å². The molecule has 0 saturated heterocycles. The van der Waals surface area contributed by atoms with E-state index >= 15 is 0 Å². The van der Waals surface area contributed by atoms with E-state index in [4.69, 9.17) is 11.6 Å². The predicted octanol–water partition coefficient (Wildman–Crippen LogP) is 1.56. The molecule has 1 aromatic rings. The van der Waals surface area contributed by atoms with E-state index in [2.05, 4.69) is 5.32 Å². The van der Waals surface area contributed by atoms with E-state index in [-0.39, 0.29) is 5.91 Å². The van der Waals surface area contributed by atoms with E-state index in [9.17, 15) is 4.79 Å². The molecule has 0 heterocycles. The number of rotatable bonds is 5. The van der Waals surface area contributed by atoms with Gasteiger partial charge in [0.2, 0.25) is 5.91 Å². The Bertz CT molecular complexity index is 337. The molecule has 16 heavy (non-hydrogen) atoms. The highest BCUT2D eigenvalue weighted by Crippen LogP contribution is 2.10. The molecule has 0 aromatic heterocycles. The number of hydrogen-bond donors (Lipinski definition) is 1. The van der Waals surface area contributed by atoms with Gasteiger partial charge in [0.25, 0.3) is 0 Å². The van der Waals surface area contributed by atoms with Gasteiger partial charge in [-0.15, -0.1) is 0 Å². The third-order valence-corrected chi connectivity index (χ3v) is 2.65. The molecule has 1 amide bonds. The number of carbonyl (C=O) groups is 1. The fraction of sp³-hybridized carbons (Fsp3) is 0.417. The fourth-order valence-electron chi connectivity index (χ4n) is 1.36. The van der Waals surface area contributed by atoms with Gasteiger partial charge in [0, 0.05) is 18.6 Å². The Morgan fingerprint density at radius 2 is 2.00 bits per heavy atom. The van der Waals surface area contributed by atoms with Crippen molar-refractivity contribution in [3.8, 4) is 0 Å². The minimum Gasteiger partial charge on any atom is -0.344 e. The molecule has 0 spiro atoms. The average molecular weight is 241 g/mol. The number of nitrogens with one attached hydrogen (secondary N) is 1. The number of likely N-dealkylation sites (N-methyl/N-ethyl adjacent to an activating group) is 2. The van der Waals surface area contributed by atoms with Crippen molar-refractivity contribution in [3.05, 3.63) is 34.9 Å². The van der Waals surface area contributed by atoms with Crippen LogP contribution >= 0.6 is 11.6 Å². The standard InChI is InChI=1S/C12H17ClN2O/c1-14-9-12(16)15(2)8-7-10-3-5-11(13)6-4-10/h3-6,14H,7-9H2,1-2H3. The van der Waals surface area contributed by atoms with Crippen LogP contribution in [0.1, 0.15) is 5.56 Å². The highest BCUT2D eigenvalue weighted by atomic mass is 35.5. The first-order valence-corrected chi connectivity index (χ1v) is 5.64. The van der Waals surface area contributed by atoms with E-state index in [1.54, 1.807) is 11.9 Å². The lowest BCUT2D eigenvalue weighted by atomic mass is 10.1. The van der Waals surface area contributed by atoms with Gasteiger partial charge in [-0.2, -0.15) is 0 Å². The Hall–Kier alpha value is -1.06. The third kappa shape index (κ3) is 4.21. The van der Waals surface area contributed by atoms with Crippen LogP contribution in [0.4, 0.5) is 0 Å². The van der Waals surface area contributed by atoms with Gasteiger partial charge in [-0.25, -0.2) is 0 Å². The van der Waals surface area contributed by atoms with Crippen molar-refractivity contribution >= 4 is 17.5 Å². The van der Waals surface area contributed by atoms with Crippen LogP contribution in [-0.2, 0) is 11.2 Å². The summed E-state index contributed by atoms with van der Waals surface area (Å²) >= 11 is 5.79. The zero-order valence-corrected chi connectivity index (χ0v) is 10.4. The van der Waals surface area contributed by atoms with Crippen molar-refractivity contribution in [2.45, 2.75) is 6.42 Å². The zero-order valence-electron chi connectivity index (χ0n) is 9.66. The molecule has 4 heteroatoms. The molecule has 1 rings (SSSR count). The molecule has 0 fully saturated rings. The van der Waals surface area contributed by atoms with Crippen LogP contribution in [0.25, 0.3) is 0 Å². The monoisotopic (exact) mass is 240 g/mol. The molecule has 0 bridgehead atoms. The molecule has 3 nitrogen and oxygen atoms in total. The zero-order chi connectivity index (χ0) is 12.0. The van der Waals surface area contributed by atoms with Crippen molar-refractivity contribution < 1.29 is 4.79 Å². The Kier molecular flexibility index (Phi) is 5.29. The molecule has 88 valence electrons. The first-order chi connectivity index (χ1) is 7.63. The van der Waals surface area contributed by atoms with E-state index in [1.165, 1.54) is 5.56 Å². The molecule has 1 aromatic carbocycles. The van der Waals surface area contributed by atoms with Crippen molar-refractivity contribution in [2.75, 3.05) is 27.2 Å². The summed E-state index contributed by atoms with van der Waals surface area (Å²) in [6.45, 7) is 1.11. The molecule has 1 N–H and O–H groups in total. The van der Waals surface area contributed by atoms with Crippen LogP contribution in [0.5, 0.6) is 0 Å². The summed E-state index contributed by atoms with van der Waals surface area (Å²) in [4.78, 5) is 13.2. The molecule has 0 saturated carbocycles. The van der Waals surface area contributed by atoms with Crippen LogP contribution in [0.3, 0.4) is 0 Å². The highest BCUT2D eigenvalue weighted by molar-refractivity contribution is 6.30. The Labute approximate surface area is 101 Å². The molecule has 0 radical (unpaired) electrons. The Morgan fingerprint density at radius 1 is 1.38 bits per heavy atom. The summed E-state index contributed by atoms with van der Waals surface area (Å²) in [5.74, 6) is 0.108. The highest BCUT2D eigenvalue weighted by Gasteiger charge is 2.06. The second-order valence-corrected chi connectivity index (χ2v) is 4.16. The lowest BCUT2D eigenvalue weighted by Gasteiger charge is -2.16. The van der Waals surface area contributed by atoms with Crippen LogP contribution < -0.4 is 5.32 Å². The van der Waals surface area contributed by atoms with Crippen molar-refractivity contribution in [2.24, 2.45) is 0 Å². The van der Waals surface area contributed by atoms with Crippen molar-refractivity contribution in [1.29, 1.82) is 0 Å². The first kappa shape index (κ1) is 13.0. The molecular weight excluding hydrogens is 224 g/mol. The molecule has 0 aliphatic carbocycles. The quantitative estimate of drug-likeness (QED) is 0.847. The maximum atomic E-state index is 11.5. The summed E-state index contributed by atoms with van der Waals surface area (Å²) in [7, 11) is 3.58. The van der Waals surface area contributed by atoms with Crippen molar-refractivity contribution in [3.63, 3.8) is 0 Å². The van der Waals surface area contributed by atoms with Gasteiger partial charge >= 0.3 is 0 Å². The van der Waals surface area contributed by atoms with Crippen LogP contribution in [-0.4, -0.2) is 38.0 Å². The molecule has 0 atom stereocenters. The largest absolute Gasteiger partial charge is 0.344 e. The average Bonchev–Trinajstić information content (AvgIpc) is 2.28. The lowest BCUT2D eigenvalue weighted by molar-refractivity contribution is -0.128. The summed E-state index contributed by atoms with van der Waals surface area (Å²) in [6.07, 6.45) is 0.850. The maximum absolute atomic E-state index is 11.5. The third-order valence-electron chi connectivity index (χ3n) is 2.40. The van der Waals surface area contributed by atoms with Crippen LogP contribution in [0, 0.1) is 0 Å². The molecular formula is C12H17ClN2O. The van der Waals surface area contributed by atoms with Crippen molar-refractivity contribution in [1.82, 2.24) is 10.2 Å². The number of benzene rings is 1. The summed E-state index contributed by atoms with van der Waals surface area (Å²) in [5.41, 5.74) is 1.19. The maximum Gasteiger partial charge on any atom is 0.236 e. The van der Waals surface area contributed by atoms with E-state index in [0.29, 0.717) is 6.54 Å². The SMILES string of the molecule is CNCC(=O)N(C)CCc1ccc(Cl)cc1. The number of nitrogens with zero attached hydrogens (tertiary/aromatic N) is 1. The van der Waals surface area contributed by atoms with Gasteiger partial charge in [0.05, 0.1) is 6.54 Å². The Morgan fingerprint density at radius 3 is 2.56 bits per heavy atom. The lowest BCUT2D eigenvalue weighted by Crippen LogP contribution is -2.35. The first-order valence-electron chi connectivity index (χ1n) is 5.26.